The van der Waals surface area contributed by atoms with Crippen molar-refractivity contribution in [1.29, 1.82) is 0 Å². The predicted octanol–water partition coefficient (Wildman–Crippen LogP) is 1.20. The van der Waals surface area contributed by atoms with Gasteiger partial charge < -0.3 is 5.73 Å². The summed E-state index contributed by atoms with van der Waals surface area (Å²) in [7, 11) is -2.98. The Balaban J connectivity index is 3.09. The number of anilines is 1. The highest BCUT2D eigenvalue weighted by atomic mass is 35.5. The number of alkyl halides is 2. The van der Waals surface area contributed by atoms with Crippen molar-refractivity contribution in [2.75, 3.05) is 19.3 Å². The van der Waals surface area contributed by atoms with Gasteiger partial charge in [-0.05, 0) is 6.07 Å². The van der Waals surface area contributed by atoms with Crippen LogP contribution in [-0.4, -0.2) is 37.7 Å². The lowest BCUT2D eigenvalue weighted by molar-refractivity contribution is 0.126. The van der Waals surface area contributed by atoms with E-state index in [4.69, 9.17) is 17.3 Å². The fourth-order valence-corrected chi connectivity index (χ4v) is 2.40. The van der Waals surface area contributed by atoms with Crippen molar-refractivity contribution in [3.63, 3.8) is 0 Å². The molecule has 9 heteroatoms. The highest BCUT2D eigenvalue weighted by Crippen LogP contribution is 2.22. The molecule has 0 aromatic carbocycles. The van der Waals surface area contributed by atoms with E-state index in [1.54, 1.807) is 0 Å². The van der Waals surface area contributed by atoms with Gasteiger partial charge in [0.05, 0.1) is 11.6 Å². The van der Waals surface area contributed by atoms with Crippen LogP contribution in [0.4, 0.5) is 14.6 Å². The minimum absolute atomic E-state index is 0.0258. The molecule has 1 aromatic rings. The molecular weight excluding hydrogens is 276 g/mol. The van der Waals surface area contributed by atoms with Crippen LogP contribution in [0.25, 0.3) is 0 Å². The maximum absolute atomic E-state index is 12.1. The zero-order valence-electron chi connectivity index (χ0n) is 8.77. The van der Waals surface area contributed by atoms with Gasteiger partial charge in [0.2, 0.25) is 10.0 Å². The van der Waals surface area contributed by atoms with E-state index in [2.05, 4.69) is 4.98 Å². The molecule has 17 heavy (non-hydrogen) atoms. The van der Waals surface area contributed by atoms with Crippen molar-refractivity contribution < 1.29 is 17.2 Å². The van der Waals surface area contributed by atoms with Crippen LogP contribution in [-0.2, 0) is 10.0 Å². The van der Waals surface area contributed by atoms with Gasteiger partial charge in [-0.25, -0.2) is 22.2 Å². The van der Waals surface area contributed by atoms with Gasteiger partial charge in [-0.1, -0.05) is 11.6 Å². The number of halogens is 3. The molecule has 96 valence electrons. The Bertz CT molecular complexity index is 509. The van der Waals surface area contributed by atoms with Gasteiger partial charge in [-0.2, -0.15) is 4.31 Å². The number of nitrogens with zero attached hydrogens (tertiary/aromatic N) is 2. The average molecular weight is 286 g/mol. The Morgan fingerprint density at radius 3 is 2.65 bits per heavy atom. The molecule has 5 nitrogen and oxygen atoms in total. The van der Waals surface area contributed by atoms with E-state index in [1.165, 1.54) is 0 Å². The zero-order valence-corrected chi connectivity index (χ0v) is 10.3. The quantitative estimate of drug-likeness (QED) is 0.902. The Hall–Kier alpha value is -0.990. The number of nitrogen functional groups attached to an aromatic ring is 1. The van der Waals surface area contributed by atoms with Crippen molar-refractivity contribution in [2.24, 2.45) is 0 Å². The molecule has 0 bridgehead atoms. The van der Waals surface area contributed by atoms with E-state index in [0.717, 1.165) is 19.3 Å². The van der Waals surface area contributed by atoms with Crippen LogP contribution in [0.15, 0.2) is 17.2 Å². The molecule has 0 saturated carbocycles. The lowest BCUT2D eigenvalue weighted by atomic mass is 10.5. The van der Waals surface area contributed by atoms with Crippen LogP contribution < -0.4 is 5.73 Å². The highest BCUT2D eigenvalue weighted by Gasteiger charge is 2.24. The lowest BCUT2D eigenvalue weighted by Crippen LogP contribution is -2.31. The maximum Gasteiger partial charge on any atom is 0.252 e. The molecule has 1 rings (SSSR count). The molecule has 0 fully saturated rings. The Morgan fingerprint density at radius 1 is 1.59 bits per heavy atom. The van der Waals surface area contributed by atoms with E-state index < -0.39 is 23.0 Å². The molecule has 0 radical (unpaired) electrons. The van der Waals surface area contributed by atoms with Crippen molar-refractivity contribution >= 4 is 27.4 Å². The fourth-order valence-electron chi connectivity index (χ4n) is 1.04. The Kier molecular flexibility index (Phi) is 4.23. The summed E-state index contributed by atoms with van der Waals surface area (Å²) in [5.74, 6) is -0.0258. The lowest BCUT2D eigenvalue weighted by Gasteiger charge is -2.16. The number of hydrogen-bond acceptors (Lipinski definition) is 4. The van der Waals surface area contributed by atoms with Gasteiger partial charge in [-0.15, -0.1) is 0 Å². The Labute approximate surface area is 102 Å². The first-order valence-corrected chi connectivity index (χ1v) is 6.22. The van der Waals surface area contributed by atoms with Gasteiger partial charge in [-0.3, -0.25) is 0 Å². The van der Waals surface area contributed by atoms with E-state index in [1.807, 2.05) is 0 Å². The van der Waals surface area contributed by atoms with E-state index in [9.17, 15) is 17.2 Å². The van der Waals surface area contributed by atoms with Gasteiger partial charge in [0.25, 0.3) is 6.43 Å². The second-order valence-electron chi connectivity index (χ2n) is 3.21. The molecule has 1 aromatic heterocycles. The summed E-state index contributed by atoms with van der Waals surface area (Å²) >= 11 is 5.61. The molecule has 0 saturated heterocycles. The number of sulfonamides is 1. The second-order valence-corrected chi connectivity index (χ2v) is 5.67. The molecule has 0 atom stereocenters. The largest absolute Gasteiger partial charge is 0.382 e. The van der Waals surface area contributed by atoms with Crippen LogP contribution in [0, 0.1) is 0 Å². The van der Waals surface area contributed by atoms with Gasteiger partial charge >= 0.3 is 0 Å². The van der Waals surface area contributed by atoms with Crippen molar-refractivity contribution in [3.8, 4) is 0 Å². The van der Waals surface area contributed by atoms with Gasteiger partial charge in [0.1, 0.15) is 10.7 Å². The van der Waals surface area contributed by atoms with Crippen molar-refractivity contribution in [1.82, 2.24) is 9.29 Å². The molecular formula is C8H10ClF2N3O2S. The van der Waals surface area contributed by atoms with Gasteiger partial charge in [0.15, 0.2) is 0 Å². The zero-order chi connectivity index (χ0) is 13.2. The summed E-state index contributed by atoms with van der Waals surface area (Å²) in [6, 6.07) is 1.07. The predicted molar refractivity (Wildman–Crippen MR) is 59.5 cm³/mol. The van der Waals surface area contributed by atoms with Crippen LogP contribution >= 0.6 is 11.6 Å². The van der Waals surface area contributed by atoms with Crippen LogP contribution in [0.1, 0.15) is 0 Å². The van der Waals surface area contributed by atoms with Gasteiger partial charge in [0, 0.05) is 13.2 Å². The molecule has 0 aliphatic carbocycles. The minimum Gasteiger partial charge on any atom is -0.382 e. The van der Waals surface area contributed by atoms with Crippen LogP contribution in [0.3, 0.4) is 0 Å². The normalized spacial score (nSPS) is 12.4. The summed E-state index contributed by atoms with van der Waals surface area (Å²) < 4.78 is 48.3. The number of nitrogens with two attached hydrogens (primary N) is 1. The highest BCUT2D eigenvalue weighted by molar-refractivity contribution is 7.89. The first kappa shape index (κ1) is 14.1. The molecule has 0 aliphatic heterocycles. The molecule has 0 unspecified atom stereocenters. The van der Waals surface area contributed by atoms with E-state index in [-0.39, 0.29) is 15.7 Å². The van der Waals surface area contributed by atoms with Crippen molar-refractivity contribution in [2.45, 2.75) is 11.3 Å². The number of rotatable bonds is 4. The topological polar surface area (TPSA) is 76.3 Å². The standard InChI is InChI=1S/C8H10ClF2N3O2S/c1-14(4-7(10)11)17(15,16)5-2-6(9)8(12)13-3-5/h2-3,7H,4H2,1H3,(H2,12,13). The molecule has 2 N–H and O–H groups in total. The third kappa shape index (κ3) is 3.24. The summed E-state index contributed by atoms with van der Waals surface area (Å²) in [5, 5.41) is -0.0449. The minimum atomic E-state index is -4.02. The summed E-state index contributed by atoms with van der Waals surface area (Å²) in [5.41, 5.74) is 5.32. The van der Waals surface area contributed by atoms with Crippen molar-refractivity contribution in [3.05, 3.63) is 17.3 Å². The number of hydrogen-bond donors (Lipinski definition) is 1. The first-order valence-electron chi connectivity index (χ1n) is 4.40. The average Bonchev–Trinajstić information content (AvgIpc) is 2.20. The smallest absolute Gasteiger partial charge is 0.252 e. The summed E-state index contributed by atoms with van der Waals surface area (Å²) in [4.78, 5) is 3.28. The summed E-state index contributed by atoms with van der Waals surface area (Å²) in [6.07, 6.45) is -1.79. The first-order chi connectivity index (χ1) is 7.75. The number of aromatic nitrogens is 1. The van der Waals surface area contributed by atoms with Crippen LogP contribution in [0.5, 0.6) is 0 Å². The summed E-state index contributed by atoms with van der Waals surface area (Å²) in [6.45, 7) is -0.898. The molecule has 0 aliphatic rings. The monoisotopic (exact) mass is 285 g/mol. The molecule has 0 amide bonds. The van der Waals surface area contributed by atoms with E-state index in [0.29, 0.717) is 4.31 Å². The third-order valence-electron chi connectivity index (χ3n) is 1.95. The Morgan fingerprint density at radius 2 is 2.18 bits per heavy atom. The second kappa shape index (κ2) is 5.11. The maximum atomic E-state index is 12.1. The third-order valence-corrected chi connectivity index (χ3v) is 4.04. The van der Waals surface area contributed by atoms with E-state index >= 15 is 0 Å². The fraction of sp³-hybridized carbons (Fsp3) is 0.375. The number of pyridine rings is 1. The molecule has 1 heterocycles. The SMILES string of the molecule is CN(CC(F)F)S(=O)(=O)c1cnc(N)c(Cl)c1. The molecule has 0 spiro atoms. The van der Waals surface area contributed by atoms with Crippen LogP contribution in [0.2, 0.25) is 5.02 Å².